The van der Waals surface area contributed by atoms with Gasteiger partial charge in [-0.15, -0.1) is 0 Å². The highest BCUT2D eigenvalue weighted by Gasteiger charge is 2.37. The summed E-state index contributed by atoms with van der Waals surface area (Å²) in [7, 11) is 0. The summed E-state index contributed by atoms with van der Waals surface area (Å²) in [6.07, 6.45) is 1.05. The topological polar surface area (TPSA) is 78.8 Å². The normalized spacial score (nSPS) is 21.4. The number of carbonyl (C=O) groups excluding carboxylic acids is 1. The van der Waals surface area contributed by atoms with Crippen LogP contribution in [0.15, 0.2) is 54.6 Å². The number of rotatable bonds is 10. The molecule has 0 heterocycles. The van der Waals surface area contributed by atoms with Gasteiger partial charge in [0.1, 0.15) is 5.75 Å². The number of aliphatic hydroxyl groups is 2. The Morgan fingerprint density at radius 1 is 1.13 bits per heavy atom. The molecule has 2 aromatic carbocycles. The lowest BCUT2D eigenvalue weighted by molar-refractivity contribution is -0.141. The van der Waals surface area contributed by atoms with Gasteiger partial charge in [0.05, 0.1) is 18.2 Å². The fourth-order valence-electron chi connectivity index (χ4n) is 2.98. The molecule has 0 aliphatic carbocycles. The zero-order valence-electron chi connectivity index (χ0n) is 26.2. The van der Waals surface area contributed by atoms with E-state index in [-0.39, 0.29) is 23.5 Å². The molecule has 1 amide bonds. The second kappa shape index (κ2) is 10.1. The number of carbonyl (C=O) groups is 1. The summed E-state index contributed by atoms with van der Waals surface area (Å²) in [5.74, 6) is -1.63. The monoisotopic (exact) mass is 422 g/mol. The number of hydrogen-bond donors (Lipinski definition) is 3. The number of ether oxygens (including phenoxy) is 1. The lowest BCUT2D eigenvalue weighted by Gasteiger charge is -2.33. The third-order valence-corrected chi connectivity index (χ3v) is 4.77. The molecule has 0 aliphatic heterocycles. The summed E-state index contributed by atoms with van der Waals surface area (Å²) in [5, 5.41) is 24.5. The van der Waals surface area contributed by atoms with Gasteiger partial charge >= 0.3 is 0 Å². The van der Waals surface area contributed by atoms with Crippen LogP contribution < -0.4 is 10.1 Å². The van der Waals surface area contributed by atoms with E-state index in [4.69, 9.17) is 17.1 Å². The van der Waals surface area contributed by atoms with Crippen molar-refractivity contribution in [2.45, 2.75) is 64.5 Å². The zero-order valence-corrected chi connectivity index (χ0v) is 17.2. The number of benzene rings is 2. The quantitative estimate of drug-likeness (QED) is 0.532. The Balaban J connectivity index is 2.48. The molecule has 5 nitrogen and oxygen atoms in total. The fourth-order valence-corrected chi connectivity index (χ4v) is 2.98. The molecule has 0 aromatic heterocycles. The van der Waals surface area contributed by atoms with Crippen LogP contribution in [0.2, 0.25) is 0 Å². The molecule has 2 aromatic rings. The van der Waals surface area contributed by atoms with Crippen molar-refractivity contribution in [3.05, 3.63) is 65.7 Å². The van der Waals surface area contributed by atoms with Crippen LogP contribution in [0.25, 0.3) is 0 Å². The first kappa shape index (κ1) is 13.8. The Morgan fingerprint density at radius 2 is 1.80 bits per heavy atom. The maximum absolute atomic E-state index is 13.2. The molecule has 0 bridgehead atoms. The lowest BCUT2D eigenvalue weighted by Crippen LogP contribution is -2.49. The Kier molecular flexibility index (Phi) is 4.66. The van der Waals surface area contributed by atoms with Crippen molar-refractivity contribution in [3.63, 3.8) is 0 Å². The summed E-state index contributed by atoms with van der Waals surface area (Å²) >= 11 is 0. The van der Waals surface area contributed by atoms with Crippen molar-refractivity contribution >= 4 is 5.91 Å². The molecule has 5 heteroatoms. The number of amides is 1. The largest absolute Gasteiger partial charge is 0.493 e. The first-order valence-electron chi connectivity index (χ1n) is 14.3. The van der Waals surface area contributed by atoms with Crippen LogP contribution in [0.5, 0.6) is 5.75 Å². The summed E-state index contributed by atoms with van der Waals surface area (Å²) in [6.45, 7) is -6.30. The van der Waals surface area contributed by atoms with E-state index in [0.29, 0.717) is 12.8 Å². The minimum absolute atomic E-state index is 0.0877. The van der Waals surface area contributed by atoms with Gasteiger partial charge in [0.25, 0.3) is 5.91 Å². The Labute approximate surface area is 192 Å². The van der Waals surface area contributed by atoms with Crippen molar-refractivity contribution in [2.24, 2.45) is 5.92 Å². The summed E-state index contributed by atoms with van der Waals surface area (Å²) in [4.78, 5) is 13.2. The molecular weight excluding hydrogens is 378 g/mol. The van der Waals surface area contributed by atoms with Gasteiger partial charge in [0.2, 0.25) is 0 Å². The third-order valence-electron chi connectivity index (χ3n) is 4.77. The lowest BCUT2D eigenvalue weighted by atomic mass is 9.89. The molecule has 0 fully saturated rings. The molecular formula is C25H35NO4. The molecule has 164 valence electrons. The van der Waals surface area contributed by atoms with E-state index in [0.717, 1.165) is 6.92 Å². The predicted octanol–water partition coefficient (Wildman–Crippen LogP) is 4.34. The third kappa shape index (κ3) is 6.31. The Hall–Kier alpha value is -2.37. The maximum Gasteiger partial charge on any atom is 0.256 e. The Morgan fingerprint density at radius 3 is 2.37 bits per heavy atom. The van der Waals surface area contributed by atoms with Crippen LogP contribution in [-0.2, 0) is 10.4 Å². The van der Waals surface area contributed by atoms with Crippen molar-refractivity contribution in [2.75, 3.05) is 6.61 Å². The van der Waals surface area contributed by atoms with Gasteiger partial charge in [-0.1, -0.05) is 62.7 Å². The van der Waals surface area contributed by atoms with Crippen molar-refractivity contribution in [3.8, 4) is 5.75 Å². The van der Waals surface area contributed by atoms with Gasteiger partial charge in [-0.2, -0.15) is 0 Å². The van der Waals surface area contributed by atoms with Gasteiger partial charge in [-0.05, 0) is 56.2 Å². The van der Waals surface area contributed by atoms with Crippen LogP contribution >= 0.6 is 0 Å². The second-order valence-corrected chi connectivity index (χ2v) is 7.48. The van der Waals surface area contributed by atoms with E-state index in [1.54, 1.807) is 18.2 Å². The highest BCUT2D eigenvalue weighted by molar-refractivity contribution is 5.86. The maximum atomic E-state index is 13.2. The standard InChI is InChI=1S/C25H35NO4/c1-6-10-18(2)17-30-21-15-13-19(14-16-21)22(24(3,4)28)26-23(27)25(5,29)20-11-8-7-9-12-20/h7-9,11-16,18,22,28-29H,6,10,17H2,1-5H3,(H,26,27)/t18-,22+,25+/m0/s1/i2D3,3D3,4D3. The average molecular weight is 423 g/mol. The first-order valence-corrected chi connectivity index (χ1v) is 9.80. The van der Waals surface area contributed by atoms with E-state index < -0.39 is 49.6 Å². The van der Waals surface area contributed by atoms with Gasteiger partial charge in [-0.25, -0.2) is 0 Å². The number of nitrogens with one attached hydrogen (secondary N) is 1. The van der Waals surface area contributed by atoms with Crippen molar-refractivity contribution in [1.29, 1.82) is 0 Å². The minimum atomic E-state index is -3.49. The van der Waals surface area contributed by atoms with Crippen molar-refractivity contribution in [1.82, 2.24) is 5.32 Å². The van der Waals surface area contributed by atoms with E-state index >= 15 is 0 Å². The van der Waals surface area contributed by atoms with Crippen molar-refractivity contribution < 1.29 is 32.1 Å². The van der Waals surface area contributed by atoms with E-state index in [1.165, 1.54) is 36.4 Å². The van der Waals surface area contributed by atoms with E-state index in [1.807, 2.05) is 6.92 Å². The van der Waals surface area contributed by atoms with Crippen LogP contribution in [0.1, 0.15) is 76.8 Å². The molecule has 3 N–H and O–H groups in total. The van der Waals surface area contributed by atoms with Gasteiger partial charge in [-0.3, -0.25) is 4.79 Å². The fraction of sp³-hybridized carbons (Fsp3) is 0.480. The zero-order chi connectivity index (χ0) is 29.9. The molecule has 0 saturated heterocycles. The summed E-state index contributed by atoms with van der Waals surface area (Å²) in [5.41, 5.74) is -5.57. The van der Waals surface area contributed by atoms with Crippen LogP contribution in [0, 0.1) is 5.92 Å². The van der Waals surface area contributed by atoms with E-state index in [9.17, 15) is 15.0 Å². The van der Waals surface area contributed by atoms with Crippen LogP contribution in [0.4, 0.5) is 0 Å². The molecule has 0 aliphatic rings. The van der Waals surface area contributed by atoms with E-state index in [2.05, 4.69) is 5.32 Å². The number of hydrogen-bond acceptors (Lipinski definition) is 4. The highest BCUT2D eigenvalue weighted by Crippen LogP contribution is 2.29. The molecule has 0 saturated carbocycles. The highest BCUT2D eigenvalue weighted by atomic mass is 16.5. The van der Waals surface area contributed by atoms with Crippen LogP contribution in [-0.4, -0.2) is 28.3 Å². The van der Waals surface area contributed by atoms with Crippen LogP contribution in [0.3, 0.4) is 0 Å². The second-order valence-electron chi connectivity index (χ2n) is 7.48. The molecule has 0 radical (unpaired) electrons. The average Bonchev–Trinajstić information content (AvgIpc) is 2.83. The van der Waals surface area contributed by atoms with Gasteiger partial charge in [0, 0.05) is 12.3 Å². The molecule has 0 unspecified atom stereocenters. The predicted molar refractivity (Wildman–Crippen MR) is 119 cm³/mol. The minimum Gasteiger partial charge on any atom is -0.493 e. The summed E-state index contributed by atoms with van der Waals surface area (Å²) in [6, 6.07) is 11.0. The molecule has 0 spiro atoms. The first-order chi connectivity index (χ1) is 17.8. The molecule has 2 rings (SSSR count). The smallest absolute Gasteiger partial charge is 0.256 e. The molecule has 3 atom stereocenters. The summed E-state index contributed by atoms with van der Waals surface area (Å²) < 4.78 is 75.9. The van der Waals surface area contributed by atoms with Gasteiger partial charge in [0.15, 0.2) is 5.60 Å². The van der Waals surface area contributed by atoms with Gasteiger partial charge < -0.3 is 20.3 Å². The molecule has 30 heavy (non-hydrogen) atoms. The SMILES string of the molecule is [2H]C([2H])([2H])[C@@H](CCC)COc1ccc([C@@H](NC(=O)[C@](C)(O)c2ccccc2)C(O)(C([2H])([2H])[2H])C([2H])([2H])[2H])cc1. The Bertz CT molecular complexity index is 1070.